The zero-order valence-corrected chi connectivity index (χ0v) is 14.1. The lowest BCUT2D eigenvalue weighted by Crippen LogP contribution is -2.06. The molecule has 22 heavy (non-hydrogen) atoms. The monoisotopic (exact) mass is 300 g/mol. The molecule has 0 heterocycles. The number of carbonyl (C=O) groups is 1. The average molecular weight is 300 g/mol. The number of carbonyl (C=O) groups excluding carboxylic acids is 1. The van der Waals surface area contributed by atoms with Gasteiger partial charge < -0.3 is 5.11 Å². The first-order valence-corrected chi connectivity index (χ1v) is 8.17. The molecule has 0 fully saturated rings. The fourth-order valence-corrected chi connectivity index (χ4v) is 2.58. The van der Waals surface area contributed by atoms with Gasteiger partial charge >= 0.3 is 0 Å². The van der Waals surface area contributed by atoms with Crippen LogP contribution in [0.25, 0.3) is 0 Å². The van der Waals surface area contributed by atoms with Gasteiger partial charge in [-0.1, -0.05) is 23.8 Å². The van der Waals surface area contributed by atoms with Crippen LogP contribution in [0.15, 0.2) is 34.9 Å². The zero-order chi connectivity index (χ0) is 16.4. The van der Waals surface area contributed by atoms with E-state index in [4.69, 9.17) is 0 Å². The summed E-state index contributed by atoms with van der Waals surface area (Å²) in [6.07, 6.45) is 11.4. The molecule has 2 nitrogen and oxygen atoms in total. The molecule has 0 aliphatic heterocycles. The van der Waals surface area contributed by atoms with Crippen molar-refractivity contribution >= 4 is 5.78 Å². The third-order valence-electron chi connectivity index (χ3n) is 4.10. The van der Waals surface area contributed by atoms with Crippen LogP contribution < -0.4 is 0 Å². The molecular formula is C20H28O2. The molecule has 2 heteroatoms. The Morgan fingerprint density at radius 1 is 1.32 bits per heavy atom. The number of aliphatic hydroxyl groups is 1. The second-order valence-electron chi connectivity index (χ2n) is 5.86. The number of Topliss-reactive ketones (excluding diaryl/α,β-unsaturated/α-hetero) is 1. The molecule has 0 bridgehead atoms. The summed E-state index contributed by atoms with van der Waals surface area (Å²) in [6.45, 7) is 5.86. The SMILES string of the molecule is CC#CCCC=C(C)C(O)CC=CCCC1=C(C)CCC1=O. The van der Waals surface area contributed by atoms with Crippen LogP contribution in [-0.4, -0.2) is 17.0 Å². The van der Waals surface area contributed by atoms with Crippen LogP contribution in [0, 0.1) is 11.8 Å². The highest BCUT2D eigenvalue weighted by atomic mass is 16.3. The van der Waals surface area contributed by atoms with Crippen LogP contribution in [-0.2, 0) is 4.79 Å². The molecule has 0 aromatic heterocycles. The van der Waals surface area contributed by atoms with Crippen LogP contribution in [0.3, 0.4) is 0 Å². The van der Waals surface area contributed by atoms with Gasteiger partial charge in [-0.25, -0.2) is 0 Å². The Morgan fingerprint density at radius 2 is 2.09 bits per heavy atom. The van der Waals surface area contributed by atoms with Crippen LogP contribution in [0.5, 0.6) is 0 Å². The van der Waals surface area contributed by atoms with Crippen molar-refractivity contribution in [2.45, 2.75) is 71.8 Å². The molecule has 1 unspecified atom stereocenters. The minimum atomic E-state index is -0.417. The molecule has 0 saturated heterocycles. The quantitative estimate of drug-likeness (QED) is 0.407. The number of allylic oxidation sites excluding steroid dienone is 4. The minimum absolute atomic E-state index is 0.319. The van der Waals surface area contributed by atoms with Crippen molar-refractivity contribution in [2.24, 2.45) is 0 Å². The van der Waals surface area contributed by atoms with Gasteiger partial charge in [0, 0.05) is 12.8 Å². The largest absolute Gasteiger partial charge is 0.388 e. The number of hydrogen-bond acceptors (Lipinski definition) is 2. The summed E-state index contributed by atoms with van der Waals surface area (Å²) < 4.78 is 0. The first-order chi connectivity index (χ1) is 10.6. The molecule has 1 aliphatic rings. The van der Waals surface area contributed by atoms with E-state index in [0.717, 1.165) is 43.3 Å². The topological polar surface area (TPSA) is 37.3 Å². The van der Waals surface area contributed by atoms with Gasteiger partial charge in [-0.15, -0.1) is 11.8 Å². The molecule has 1 aliphatic carbocycles. The Morgan fingerprint density at radius 3 is 2.73 bits per heavy atom. The fourth-order valence-electron chi connectivity index (χ4n) is 2.58. The smallest absolute Gasteiger partial charge is 0.159 e. The van der Waals surface area contributed by atoms with Crippen molar-refractivity contribution in [3.05, 3.63) is 34.9 Å². The average Bonchev–Trinajstić information content (AvgIpc) is 2.82. The Balaban J connectivity index is 2.28. The van der Waals surface area contributed by atoms with E-state index in [0.29, 0.717) is 18.6 Å². The molecule has 0 aromatic carbocycles. The summed E-state index contributed by atoms with van der Waals surface area (Å²) >= 11 is 0. The third kappa shape index (κ3) is 6.45. The molecule has 0 amide bonds. The Bertz CT molecular complexity index is 524. The summed E-state index contributed by atoms with van der Waals surface area (Å²) in [5.41, 5.74) is 3.29. The molecule has 0 radical (unpaired) electrons. The molecular weight excluding hydrogens is 272 g/mol. The summed E-state index contributed by atoms with van der Waals surface area (Å²) in [6, 6.07) is 0. The van der Waals surface area contributed by atoms with Crippen LogP contribution in [0.1, 0.15) is 65.7 Å². The maximum atomic E-state index is 11.7. The van der Waals surface area contributed by atoms with Gasteiger partial charge in [0.2, 0.25) is 0 Å². The summed E-state index contributed by atoms with van der Waals surface area (Å²) in [5.74, 6) is 6.20. The van der Waals surface area contributed by atoms with Gasteiger partial charge in [-0.05, 0) is 64.0 Å². The van der Waals surface area contributed by atoms with Crippen molar-refractivity contribution in [3.8, 4) is 11.8 Å². The van der Waals surface area contributed by atoms with E-state index in [9.17, 15) is 9.90 Å². The van der Waals surface area contributed by atoms with E-state index in [-0.39, 0.29) is 0 Å². The summed E-state index contributed by atoms with van der Waals surface area (Å²) in [7, 11) is 0. The van der Waals surface area contributed by atoms with E-state index in [1.807, 2.05) is 19.9 Å². The van der Waals surface area contributed by atoms with Crippen LogP contribution in [0.4, 0.5) is 0 Å². The predicted octanol–water partition coefficient (Wildman–Crippen LogP) is 4.50. The van der Waals surface area contributed by atoms with E-state index in [2.05, 4.69) is 30.9 Å². The Labute approximate surface area is 135 Å². The van der Waals surface area contributed by atoms with Gasteiger partial charge in [-0.3, -0.25) is 4.79 Å². The number of unbranched alkanes of at least 4 members (excludes halogenated alkanes) is 1. The molecule has 0 saturated carbocycles. The van der Waals surface area contributed by atoms with E-state index < -0.39 is 6.10 Å². The molecule has 120 valence electrons. The number of aliphatic hydroxyl groups excluding tert-OH is 1. The summed E-state index contributed by atoms with van der Waals surface area (Å²) in [4.78, 5) is 11.7. The Hall–Kier alpha value is -1.59. The van der Waals surface area contributed by atoms with Crippen LogP contribution >= 0.6 is 0 Å². The van der Waals surface area contributed by atoms with Crippen molar-refractivity contribution in [2.75, 3.05) is 0 Å². The third-order valence-corrected chi connectivity index (χ3v) is 4.10. The molecule has 0 spiro atoms. The lowest BCUT2D eigenvalue weighted by atomic mass is 10.0. The molecule has 0 aromatic rings. The van der Waals surface area contributed by atoms with Crippen molar-refractivity contribution < 1.29 is 9.90 Å². The maximum Gasteiger partial charge on any atom is 0.159 e. The number of ketones is 1. The highest BCUT2D eigenvalue weighted by molar-refractivity contribution is 5.98. The number of hydrogen-bond donors (Lipinski definition) is 1. The summed E-state index contributed by atoms with van der Waals surface area (Å²) in [5, 5.41) is 10.1. The van der Waals surface area contributed by atoms with E-state index >= 15 is 0 Å². The van der Waals surface area contributed by atoms with Gasteiger partial charge in [0.25, 0.3) is 0 Å². The highest BCUT2D eigenvalue weighted by Crippen LogP contribution is 2.25. The first-order valence-electron chi connectivity index (χ1n) is 8.17. The van der Waals surface area contributed by atoms with Gasteiger partial charge in [0.05, 0.1) is 6.10 Å². The molecule has 1 N–H and O–H groups in total. The normalized spacial score (nSPS) is 17.1. The van der Waals surface area contributed by atoms with Crippen molar-refractivity contribution in [3.63, 3.8) is 0 Å². The lowest BCUT2D eigenvalue weighted by Gasteiger charge is -2.08. The van der Waals surface area contributed by atoms with Gasteiger partial charge in [-0.2, -0.15) is 0 Å². The highest BCUT2D eigenvalue weighted by Gasteiger charge is 2.18. The second-order valence-corrected chi connectivity index (χ2v) is 5.86. The lowest BCUT2D eigenvalue weighted by molar-refractivity contribution is -0.115. The van der Waals surface area contributed by atoms with Crippen molar-refractivity contribution in [1.82, 2.24) is 0 Å². The molecule has 1 atom stereocenters. The standard InChI is InChI=1S/C20H28O2/c1-4-5-6-8-11-17(3)19(21)13-10-7-9-12-18-16(2)14-15-20(18)22/h7,10-11,19,21H,6,8-9,12-15H2,1-3H3. The Kier molecular flexibility index (Phi) is 8.55. The van der Waals surface area contributed by atoms with Crippen LogP contribution in [0.2, 0.25) is 0 Å². The predicted molar refractivity (Wildman–Crippen MR) is 92.4 cm³/mol. The van der Waals surface area contributed by atoms with Crippen molar-refractivity contribution in [1.29, 1.82) is 0 Å². The van der Waals surface area contributed by atoms with E-state index in [1.54, 1.807) is 0 Å². The fraction of sp³-hybridized carbons (Fsp3) is 0.550. The van der Waals surface area contributed by atoms with Gasteiger partial charge in [0.1, 0.15) is 0 Å². The van der Waals surface area contributed by atoms with E-state index in [1.165, 1.54) is 5.57 Å². The number of rotatable bonds is 8. The second kappa shape index (κ2) is 10.2. The zero-order valence-electron chi connectivity index (χ0n) is 14.1. The minimum Gasteiger partial charge on any atom is -0.388 e. The first kappa shape index (κ1) is 18.5. The maximum absolute atomic E-state index is 11.7. The van der Waals surface area contributed by atoms with Gasteiger partial charge in [0.15, 0.2) is 5.78 Å². The molecule has 1 rings (SSSR count).